The minimum absolute atomic E-state index is 0.0310. The van der Waals surface area contributed by atoms with E-state index in [2.05, 4.69) is 4.90 Å². The predicted octanol–water partition coefficient (Wildman–Crippen LogP) is 3.09. The van der Waals surface area contributed by atoms with E-state index in [1.54, 1.807) is 0 Å². The molecule has 29 heavy (non-hydrogen) atoms. The minimum atomic E-state index is -0.468. The second-order valence-corrected chi connectivity index (χ2v) is 8.82. The van der Waals surface area contributed by atoms with Crippen molar-refractivity contribution in [2.24, 2.45) is 0 Å². The first kappa shape index (κ1) is 19.5. The number of ether oxygens (including phenoxy) is 1. The second kappa shape index (κ2) is 8.29. The van der Waals surface area contributed by atoms with Gasteiger partial charge in [0.05, 0.1) is 0 Å². The van der Waals surface area contributed by atoms with Crippen molar-refractivity contribution < 1.29 is 14.5 Å². The molecule has 1 saturated heterocycles. The molecule has 0 aliphatic carbocycles. The van der Waals surface area contributed by atoms with E-state index in [9.17, 15) is 14.9 Å². The van der Waals surface area contributed by atoms with Crippen LogP contribution in [0, 0.1) is 17.0 Å². The molecule has 4 rings (SSSR count). The number of rotatable bonds is 5. The molecule has 0 radical (unpaired) electrons. The molecular weight excluding hydrogens is 437 g/mol. The first-order valence-electron chi connectivity index (χ1n) is 9.22. The fourth-order valence-corrected chi connectivity index (χ4v) is 5.44. The van der Waals surface area contributed by atoms with Crippen molar-refractivity contribution in [3.05, 3.63) is 74.2 Å². The molecule has 1 aliphatic rings. The molecule has 0 spiro atoms. The van der Waals surface area contributed by atoms with Gasteiger partial charge in [0, 0.05) is 0 Å². The van der Waals surface area contributed by atoms with Gasteiger partial charge in [-0.15, -0.1) is 0 Å². The topological polar surface area (TPSA) is 85.6 Å². The van der Waals surface area contributed by atoms with Crippen LogP contribution >= 0.6 is 0 Å². The van der Waals surface area contributed by atoms with Gasteiger partial charge in [-0.05, 0) is 0 Å². The van der Waals surface area contributed by atoms with E-state index in [0.29, 0.717) is 28.9 Å². The second-order valence-electron chi connectivity index (χ2n) is 6.77. The van der Waals surface area contributed by atoms with Crippen LogP contribution in [0.1, 0.15) is 20.4 Å². The molecule has 0 unspecified atom stereocenters. The number of aryl methyl sites for hydroxylation is 1. The molecule has 8 heteroatoms. The van der Waals surface area contributed by atoms with Gasteiger partial charge in [-0.3, -0.25) is 0 Å². The molecule has 2 aromatic carbocycles. The Bertz CT molecular complexity index is 1040. The molecular formula is C21H19N3O4Se. The Morgan fingerprint density at radius 1 is 1.10 bits per heavy atom. The quantitative estimate of drug-likeness (QED) is 0.254. The number of benzene rings is 2. The fourth-order valence-electron chi connectivity index (χ4n) is 3.13. The van der Waals surface area contributed by atoms with Gasteiger partial charge < -0.3 is 0 Å². The van der Waals surface area contributed by atoms with Gasteiger partial charge >= 0.3 is 174 Å². The van der Waals surface area contributed by atoms with E-state index < -0.39 is 4.92 Å². The zero-order valence-corrected chi connectivity index (χ0v) is 17.5. The molecule has 0 atom stereocenters. The zero-order chi connectivity index (χ0) is 20.4. The van der Waals surface area contributed by atoms with E-state index in [1.807, 2.05) is 31.2 Å². The van der Waals surface area contributed by atoms with Crippen LogP contribution in [0.4, 0.5) is 10.4 Å². The molecule has 3 aromatic rings. The maximum absolute atomic E-state index is 13.3. The van der Waals surface area contributed by atoms with Crippen LogP contribution in [-0.4, -0.2) is 56.5 Å². The van der Waals surface area contributed by atoms with Gasteiger partial charge in [0.25, 0.3) is 0 Å². The monoisotopic (exact) mass is 457 g/mol. The number of non-ortho nitro benzene ring substituents is 1. The number of hydrogen-bond donors (Lipinski definition) is 0. The summed E-state index contributed by atoms with van der Waals surface area (Å²) in [6, 6.07) is 13.7. The van der Waals surface area contributed by atoms with Crippen LogP contribution in [0.2, 0.25) is 0 Å². The Labute approximate surface area is 173 Å². The Balaban J connectivity index is 1.75. The van der Waals surface area contributed by atoms with E-state index in [0.717, 1.165) is 28.9 Å². The van der Waals surface area contributed by atoms with Crippen molar-refractivity contribution >= 4 is 30.7 Å². The number of nitro benzene ring substituents is 1. The summed E-state index contributed by atoms with van der Waals surface area (Å²) >= 11 is -0.240. The fraction of sp³-hybridized carbons (Fsp3) is 0.238. The van der Waals surface area contributed by atoms with Crippen LogP contribution in [-0.2, 0) is 4.74 Å². The first-order chi connectivity index (χ1) is 14.0. The van der Waals surface area contributed by atoms with Crippen molar-refractivity contribution in [3.8, 4) is 11.3 Å². The van der Waals surface area contributed by atoms with E-state index in [1.165, 1.54) is 24.3 Å². The van der Waals surface area contributed by atoms with E-state index in [-0.39, 0.29) is 26.0 Å². The molecule has 2 heterocycles. The van der Waals surface area contributed by atoms with E-state index in [4.69, 9.17) is 9.72 Å². The third kappa shape index (κ3) is 4.15. The number of carbonyl (C=O) groups is 1. The van der Waals surface area contributed by atoms with Crippen molar-refractivity contribution in [3.63, 3.8) is 0 Å². The number of nitrogens with zero attached hydrogens (tertiary/aromatic N) is 3. The third-order valence-electron chi connectivity index (χ3n) is 4.77. The van der Waals surface area contributed by atoms with Crippen molar-refractivity contribution in [1.29, 1.82) is 0 Å². The number of hydrogen-bond acceptors (Lipinski definition) is 6. The van der Waals surface area contributed by atoms with Gasteiger partial charge in [-0.2, -0.15) is 0 Å². The molecule has 0 N–H and O–H groups in total. The van der Waals surface area contributed by atoms with Crippen molar-refractivity contribution in [2.45, 2.75) is 6.92 Å². The summed E-state index contributed by atoms with van der Waals surface area (Å²) in [7, 11) is 0. The van der Waals surface area contributed by atoms with E-state index >= 15 is 0 Å². The molecule has 0 amide bonds. The van der Waals surface area contributed by atoms with Crippen LogP contribution in [0.15, 0.2) is 48.5 Å². The van der Waals surface area contributed by atoms with Crippen LogP contribution in [0.3, 0.4) is 0 Å². The van der Waals surface area contributed by atoms with Crippen molar-refractivity contribution in [1.82, 2.24) is 4.98 Å². The molecule has 0 bridgehead atoms. The summed E-state index contributed by atoms with van der Waals surface area (Å²) in [5.74, 6) is -0.123. The first-order valence-corrected chi connectivity index (χ1v) is 10.9. The van der Waals surface area contributed by atoms with Crippen molar-refractivity contribution in [2.75, 3.05) is 31.2 Å². The SMILES string of the molecule is Cc1ccc(-c2nc(N3CCOCC3)[se]c2C(=O)c2ccc([N+](=O)[O-])cc2)cc1. The summed E-state index contributed by atoms with van der Waals surface area (Å²) in [5.41, 5.74) is 3.16. The number of aromatic nitrogens is 1. The summed E-state index contributed by atoms with van der Waals surface area (Å²) < 4.78 is 7.04. The maximum atomic E-state index is 13.3. The number of ketones is 1. The Kier molecular flexibility index (Phi) is 5.58. The van der Waals surface area contributed by atoms with Gasteiger partial charge in [0.2, 0.25) is 0 Å². The third-order valence-corrected chi connectivity index (χ3v) is 7.11. The number of nitro groups is 1. The average Bonchev–Trinajstić information content (AvgIpc) is 3.20. The zero-order valence-electron chi connectivity index (χ0n) is 15.8. The molecule has 1 aliphatic heterocycles. The Hall–Kier alpha value is -2.80. The standard InChI is InChI=1S/C21H19N3O4Se/c1-14-2-4-15(5-3-14)18-20(29-21(22-18)23-10-12-28-13-11-23)19(25)16-6-8-17(9-7-16)24(26)27/h2-9H,10-13H2,1H3. The normalized spacial score (nSPS) is 14.0. The summed E-state index contributed by atoms with van der Waals surface area (Å²) in [4.78, 5) is 30.8. The Morgan fingerprint density at radius 3 is 2.38 bits per heavy atom. The predicted molar refractivity (Wildman–Crippen MR) is 111 cm³/mol. The number of morpholine rings is 1. The van der Waals surface area contributed by atoms with Gasteiger partial charge in [-0.1, -0.05) is 0 Å². The number of carbonyl (C=O) groups excluding carboxylic acids is 1. The van der Waals surface area contributed by atoms with Crippen LogP contribution in [0.25, 0.3) is 11.3 Å². The molecule has 1 aromatic heterocycles. The molecule has 148 valence electrons. The van der Waals surface area contributed by atoms with Gasteiger partial charge in [0.1, 0.15) is 0 Å². The van der Waals surface area contributed by atoms with Crippen LogP contribution in [0.5, 0.6) is 0 Å². The van der Waals surface area contributed by atoms with Crippen LogP contribution < -0.4 is 4.90 Å². The summed E-state index contributed by atoms with van der Waals surface area (Å²) in [5, 5.41) is 10.9. The van der Waals surface area contributed by atoms with Gasteiger partial charge in [-0.25, -0.2) is 0 Å². The average molecular weight is 456 g/mol. The molecule has 7 nitrogen and oxygen atoms in total. The number of anilines is 1. The Morgan fingerprint density at radius 2 is 1.76 bits per heavy atom. The molecule has 1 fully saturated rings. The summed E-state index contributed by atoms with van der Waals surface area (Å²) in [6.45, 7) is 4.85. The summed E-state index contributed by atoms with van der Waals surface area (Å²) in [6.07, 6.45) is 0. The van der Waals surface area contributed by atoms with Gasteiger partial charge in [0.15, 0.2) is 0 Å². The molecule has 0 saturated carbocycles.